The molecule has 0 aliphatic heterocycles. The van der Waals surface area contributed by atoms with Gasteiger partial charge in [0, 0.05) is 8.95 Å². The second-order valence-electron chi connectivity index (χ2n) is 1.99. The van der Waals surface area contributed by atoms with Gasteiger partial charge in [0.25, 0.3) is 0 Å². The van der Waals surface area contributed by atoms with Crippen LogP contribution in [0.4, 0.5) is 0 Å². The molecule has 0 aromatic heterocycles. The van der Waals surface area contributed by atoms with E-state index in [1.165, 1.54) is 5.46 Å². The van der Waals surface area contributed by atoms with E-state index in [1.54, 1.807) is 0 Å². The first-order valence-corrected chi connectivity index (χ1v) is 4.56. The van der Waals surface area contributed by atoms with Gasteiger partial charge in [-0.15, -0.1) is 0 Å². The van der Waals surface area contributed by atoms with E-state index in [0.717, 1.165) is 8.95 Å². The molecule has 0 aliphatic rings. The number of rotatable bonds is 1. The summed E-state index contributed by atoms with van der Waals surface area (Å²) in [4.78, 5) is 0. The minimum absolute atomic E-state index is 1.11. The Kier molecular flexibility index (Phi) is 2.99. The van der Waals surface area contributed by atoms with Gasteiger partial charge in [0.1, 0.15) is 7.28 Å². The maximum absolute atomic E-state index is 3.40. The molecule has 0 amide bonds. The highest BCUT2D eigenvalue weighted by Crippen LogP contribution is 2.14. The minimum Gasteiger partial charge on any atom is -0.0872 e. The normalized spacial score (nSPS) is 9.50. The van der Waals surface area contributed by atoms with Gasteiger partial charge in [0.15, 0.2) is 0 Å². The summed E-state index contributed by atoms with van der Waals surface area (Å²) >= 11 is 6.81. The van der Waals surface area contributed by atoms with E-state index in [0.29, 0.717) is 0 Å². The monoisotopic (exact) mass is 259 g/mol. The number of halogens is 2. The van der Waals surface area contributed by atoms with Crippen LogP contribution in [0.2, 0.25) is 6.82 Å². The lowest BCUT2D eigenvalue weighted by molar-refractivity contribution is 1.64. The number of hydrogen-bond donors (Lipinski definition) is 0. The molecule has 1 radical (unpaired) electrons. The molecule has 0 aliphatic carbocycles. The van der Waals surface area contributed by atoms with Gasteiger partial charge in [-0.25, -0.2) is 0 Å². The van der Waals surface area contributed by atoms with Crippen molar-refractivity contribution in [2.75, 3.05) is 0 Å². The van der Waals surface area contributed by atoms with Crippen LogP contribution >= 0.6 is 31.9 Å². The summed E-state index contributed by atoms with van der Waals surface area (Å²) in [5.41, 5.74) is 1.22. The van der Waals surface area contributed by atoms with E-state index in [2.05, 4.69) is 51.3 Å². The second-order valence-corrected chi connectivity index (χ2v) is 3.82. The zero-order chi connectivity index (χ0) is 7.56. The van der Waals surface area contributed by atoms with Gasteiger partial charge in [-0.3, -0.25) is 0 Å². The van der Waals surface area contributed by atoms with Crippen molar-refractivity contribution < 1.29 is 0 Å². The Morgan fingerprint density at radius 3 is 2.00 bits per heavy atom. The summed E-state index contributed by atoms with van der Waals surface area (Å²) < 4.78 is 2.21. The van der Waals surface area contributed by atoms with Gasteiger partial charge in [-0.05, 0) is 6.07 Å². The summed E-state index contributed by atoms with van der Waals surface area (Å²) in [6.45, 7) is 2.02. The van der Waals surface area contributed by atoms with Gasteiger partial charge in [0.2, 0.25) is 0 Å². The molecule has 1 rings (SSSR count). The van der Waals surface area contributed by atoms with Crippen molar-refractivity contribution >= 4 is 44.6 Å². The highest BCUT2D eigenvalue weighted by atomic mass is 79.9. The first-order valence-electron chi connectivity index (χ1n) is 2.98. The van der Waals surface area contributed by atoms with Crippen LogP contribution in [-0.2, 0) is 0 Å². The zero-order valence-electron chi connectivity index (χ0n) is 5.57. The average Bonchev–Trinajstić information content (AvgIpc) is 1.85. The Morgan fingerprint density at radius 1 is 1.10 bits per heavy atom. The molecule has 0 spiro atoms. The quantitative estimate of drug-likeness (QED) is 0.681. The molecular formula is C7H6BBr2. The van der Waals surface area contributed by atoms with Gasteiger partial charge < -0.3 is 0 Å². The SMILES string of the molecule is C[B]c1cc(Br)cc(Br)c1. The van der Waals surface area contributed by atoms with Crippen molar-refractivity contribution in [2.45, 2.75) is 6.82 Å². The predicted molar refractivity (Wildman–Crippen MR) is 53.1 cm³/mol. The molecule has 0 N–H and O–H groups in total. The van der Waals surface area contributed by atoms with Gasteiger partial charge >= 0.3 is 0 Å². The largest absolute Gasteiger partial charge is 0.148 e. The van der Waals surface area contributed by atoms with Gasteiger partial charge in [-0.2, -0.15) is 0 Å². The smallest absolute Gasteiger partial charge is 0.0872 e. The fourth-order valence-electron chi connectivity index (χ4n) is 0.742. The highest BCUT2D eigenvalue weighted by Gasteiger charge is 1.94. The Bertz CT molecular complexity index is 215. The molecular weight excluding hydrogens is 255 g/mol. The minimum atomic E-state index is 1.11. The lowest BCUT2D eigenvalue weighted by Gasteiger charge is -1.97. The third kappa shape index (κ3) is 2.13. The number of benzene rings is 1. The van der Waals surface area contributed by atoms with Gasteiger partial charge in [0.05, 0.1) is 0 Å². The van der Waals surface area contributed by atoms with Crippen molar-refractivity contribution in [3.63, 3.8) is 0 Å². The zero-order valence-corrected chi connectivity index (χ0v) is 8.74. The third-order valence-corrected chi connectivity index (χ3v) is 2.13. The van der Waals surface area contributed by atoms with Crippen molar-refractivity contribution in [2.24, 2.45) is 0 Å². The molecule has 0 unspecified atom stereocenters. The molecule has 0 atom stereocenters. The molecule has 10 heavy (non-hydrogen) atoms. The van der Waals surface area contributed by atoms with E-state index in [1.807, 2.05) is 12.9 Å². The summed E-state index contributed by atoms with van der Waals surface area (Å²) in [5.74, 6) is 0. The van der Waals surface area contributed by atoms with E-state index >= 15 is 0 Å². The number of hydrogen-bond acceptors (Lipinski definition) is 0. The van der Waals surface area contributed by atoms with Crippen molar-refractivity contribution in [1.29, 1.82) is 0 Å². The Labute approximate surface area is 78.5 Å². The lowest BCUT2D eigenvalue weighted by atomic mass is 9.74. The molecule has 0 saturated heterocycles. The maximum Gasteiger partial charge on any atom is 0.148 e. The highest BCUT2D eigenvalue weighted by molar-refractivity contribution is 9.11. The molecule has 0 fully saturated rings. The van der Waals surface area contributed by atoms with E-state index < -0.39 is 0 Å². The van der Waals surface area contributed by atoms with Crippen LogP contribution in [0.3, 0.4) is 0 Å². The molecule has 0 heterocycles. The third-order valence-electron chi connectivity index (χ3n) is 1.22. The molecule has 0 saturated carbocycles. The van der Waals surface area contributed by atoms with E-state index in [4.69, 9.17) is 0 Å². The molecule has 0 nitrogen and oxygen atoms in total. The van der Waals surface area contributed by atoms with Crippen molar-refractivity contribution in [3.05, 3.63) is 27.1 Å². The predicted octanol–water partition coefficient (Wildman–Crippen LogP) is 2.59. The molecule has 1 aromatic rings. The van der Waals surface area contributed by atoms with Crippen molar-refractivity contribution in [3.8, 4) is 0 Å². The Morgan fingerprint density at radius 2 is 1.60 bits per heavy atom. The Hall–Kier alpha value is 0.245. The maximum atomic E-state index is 3.40. The van der Waals surface area contributed by atoms with Gasteiger partial charge in [-0.1, -0.05) is 56.3 Å². The van der Waals surface area contributed by atoms with Crippen LogP contribution in [0.5, 0.6) is 0 Å². The summed E-state index contributed by atoms with van der Waals surface area (Å²) in [6.07, 6.45) is 0. The average molecular weight is 261 g/mol. The second kappa shape index (κ2) is 3.58. The van der Waals surface area contributed by atoms with Crippen LogP contribution < -0.4 is 5.46 Å². The van der Waals surface area contributed by atoms with E-state index in [-0.39, 0.29) is 0 Å². The molecule has 51 valence electrons. The summed E-state index contributed by atoms with van der Waals surface area (Å²) in [5, 5.41) is 0. The fraction of sp³-hybridized carbons (Fsp3) is 0.143. The lowest BCUT2D eigenvalue weighted by Crippen LogP contribution is -2.09. The van der Waals surface area contributed by atoms with Crippen LogP contribution in [-0.4, -0.2) is 7.28 Å². The van der Waals surface area contributed by atoms with Crippen LogP contribution in [0.15, 0.2) is 27.1 Å². The Balaban J connectivity index is 3.06. The van der Waals surface area contributed by atoms with Crippen LogP contribution in [0, 0.1) is 0 Å². The summed E-state index contributed by atoms with van der Waals surface area (Å²) in [6, 6.07) is 6.17. The van der Waals surface area contributed by atoms with Crippen LogP contribution in [0.1, 0.15) is 0 Å². The topological polar surface area (TPSA) is 0 Å². The molecule has 1 aromatic carbocycles. The first kappa shape index (κ1) is 8.34. The van der Waals surface area contributed by atoms with Crippen molar-refractivity contribution in [1.82, 2.24) is 0 Å². The molecule has 3 heteroatoms. The first-order chi connectivity index (χ1) is 4.72. The van der Waals surface area contributed by atoms with Crippen LogP contribution in [0.25, 0.3) is 0 Å². The van der Waals surface area contributed by atoms with E-state index in [9.17, 15) is 0 Å². The summed E-state index contributed by atoms with van der Waals surface area (Å²) in [7, 11) is 2.06. The molecule has 0 bridgehead atoms. The fourth-order valence-corrected chi connectivity index (χ4v) is 2.07. The standard InChI is InChI=1S/C7H6BBr2/c1-8-5-2-6(9)4-7(10)3-5/h2-4H,1H3.